The fourth-order valence-electron chi connectivity index (χ4n) is 2.86. The monoisotopic (exact) mass is 471 g/mol. The fraction of sp³-hybridized carbons (Fsp3) is 0.238. The maximum atomic E-state index is 12.7. The van der Waals surface area contributed by atoms with Gasteiger partial charge in [-0.05, 0) is 31.2 Å². The number of hydrogen-bond acceptors (Lipinski definition) is 9. The van der Waals surface area contributed by atoms with Crippen LogP contribution in [0.15, 0.2) is 52.9 Å². The summed E-state index contributed by atoms with van der Waals surface area (Å²) in [4.78, 5) is 19.1. The largest absolute Gasteiger partial charge is 0.495 e. The molecule has 1 amide bonds. The van der Waals surface area contributed by atoms with Crippen LogP contribution >= 0.6 is 34.4 Å². The van der Waals surface area contributed by atoms with Gasteiger partial charge in [-0.2, -0.15) is 0 Å². The molecule has 0 radical (unpaired) electrons. The van der Waals surface area contributed by atoms with E-state index in [1.54, 1.807) is 23.3 Å². The van der Waals surface area contributed by atoms with Gasteiger partial charge in [0.05, 0.1) is 34.8 Å². The van der Waals surface area contributed by atoms with Gasteiger partial charge in [0.25, 0.3) is 0 Å². The number of hydrogen-bond donors (Lipinski definition) is 1. The van der Waals surface area contributed by atoms with Crippen molar-refractivity contribution in [3.63, 3.8) is 0 Å². The Labute approximate surface area is 192 Å². The van der Waals surface area contributed by atoms with E-state index in [-0.39, 0.29) is 17.7 Å². The molecule has 31 heavy (non-hydrogen) atoms. The standard InChI is InChI=1S/C21H21N5O2S3/c1-13(19-22-15-9-5-7-11-17(15)30-19)26(2)18(27)12-29-21-25-24-20(31-21)23-14-8-4-6-10-16(14)28-3/h4-11,13H,12H2,1-3H3,(H,23,24)/t13-/m0/s1. The minimum absolute atomic E-state index is 0.0196. The van der Waals surface area contributed by atoms with E-state index in [2.05, 4.69) is 20.5 Å². The van der Waals surface area contributed by atoms with Crippen molar-refractivity contribution in [2.75, 3.05) is 25.2 Å². The number of thioether (sulfide) groups is 1. The first-order chi connectivity index (χ1) is 15.0. The Morgan fingerprint density at radius 2 is 1.94 bits per heavy atom. The van der Waals surface area contributed by atoms with E-state index in [0.717, 1.165) is 31.0 Å². The smallest absolute Gasteiger partial charge is 0.233 e. The van der Waals surface area contributed by atoms with Crippen LogP contribution in [0.2, 0.25) is 0 Å². The molecule has 4 rings (SSSR count). The predicted octanol–water partition coefficient (Wildman–Crippen LogP) is 5.21. The Bertz CT molecular complexity index is 1160. The van der Waals surface area contributed by atoms with Crippen molar-refractivity contribution < 1.29 is 9.53 Å². The molecule has 160 valence electrons. The van der Waals surface area contributed by atoms with Crippen LogP contribution in [-0.4, -0.2) is 45.9 Å². The average molecular weight is 472 g/mol. The lowest BCUT2D eigenvalue weighted by atomic mass is 10.3. The SMILES string of the molecule is COc1ccccc1Nc1nnc(SCC(=O)N(C)[C@@H](C)c2nc3ccccc3s2)s1. The number of thiazole rings is 1. The van der Waals surface area contributed by atoms with Crippen molar-refractivity contribution in [1.82, 2.24) is 20.1 Å². The lowest BCUT2D eigenvalue weighted by Gasteiger charge is -2.22. The van der Waals surface area contributed by atoms with E-state index in [1.807, 2.05) is 62.5 Å². The van der Waals surface area contributed by atoms with Crippen LogP contribution in [-0.2, 0) is 4.79 Å². The molecule has 10 heteroatoms. The number of aromatic nitrogens is 3. The zero-order valence-electron chi connectivity index (χ0n) is 17.2. The number of fused-ring (bicyclic) bond motifs is 1. The fourth-order valence-corrected chi connectivity index (χ4v) is 5.61. The van der Waals surface area contributed by atoms with E-state index in [4.69, 9.17) is 4.74 Å². The predicted molar refractivity (Wildman–Crippen MR) is 128 cm³/mol. The maximum Gasteiger partial charge on any atom is 0.233 e. The van der Waals surface area contributed by atoms with Crippen molar-refractivity contribution in [1.29, 1.82) is 0 Å². The molecule has 0 aliphatic carbocycles. The topological polar surface area (TPSA) is 80.2 Å². The molecule has 1 N–H and O–H groups in total. The van der Waals surface area contributed by atoms with E-state index < -0.39 is 0 Å². The Kier molecular flexibility index (Phi) is 6.69. The normalized spacial score (nSPS) is 12.0. The Balaban J connectivity index is 1.35. The molecular formula is C21H21N5O2S3. The highest BCUT2D eigenvalue weighted by molar-refractivity contribution is 8.01. The summed E-state index contributed by atoms with van der Waals surface area (Å²) in [6.45, 7) is 2.00. The van der Waals surface area contributed by atoms with Gasteiger partial charge in [0.15, 0.2) is 4.34 Å². The van der Waals surface area contributed by atoms with Gasteiger partial charge < -0.3 is 15.0 Å². The van der Waals surface area contributed by atoms with Gasteiger partial charge in [0.2, 0.25) is 11.0 Å². The first-order valence-corrected chi connectivity index (χ1v) is 12.1. The van der Waals surface area contributed by atoms with Crippen molar-refractivity contribution in [3.05, 3.63) is 53.5 Å². The van der Waals surface area contributed by atoms with Gasteiger partial charge in [-0.15, -0.1) is 21.5 Å². The third-order valence-corrected chi connectivity index (χ3v) is 7.88. The second kappa shape index (κ2) is 9.63. The summed E-state index contributed by atoms with van der Waals surface area (Å²) in [6.07, 6.45) is 0. The minimum atomic E-state index is -0.0947. The van der Waals surface area contributed by atoms with Gasteiger partial charge in [-0.3, -0.25) is 4.79 Å². The minimum Gasteiger partial charge on any atom is -0.495 e. The number of benzene rings is 2. The third-order valence-electron chi connectivity index (χ3n) is 4.72. The number of methoxy groups -OCH3 is 1. The van der Waals surface area contributed by atoms with E-state index in [1.165, 1.54) is 23.1 Å². The number of nitrogens with zero attached hydrogens (tertiary/aromatic N) is 4. The summed E-state index contributed by atoms with van der Waals surface area (Å²) in [5.74, 6) is 1.04. The molecule has 2 heterocycles. The Morgan fingerprint density at radius 3 is 2.74 bits per heavy atom. The van der Waals surface area contributed by atoms with Crippen LogP contribution < -0.4 is 10.1 Å². The van der Waals surface area contributed by atoms with E-state index >= 15 is 0 Å². The first kappa shape index (κ1) is 21.5. The van der Waals surface area contributed by atoms with Gasteiger partial charge in [0.1, 0.15) is 10.8 Å². The van der Waals surface area contributed by atoms with Crippen LogP contribution in [0, 0.1) is 0 Å². The van der Waals surface area contributed by atoms with Crippen molar-refractivity contribution >= 4 is 61.4 Å². The molecule has 0 spiro atoms. The lowest BCUT2D eigenvalue weighted by molar-refractivity contribution is -0.128. The number of amides is 1. The number of carbonyl (C=O) groups excluding carboxylic acids is 1. The molecule has 0 fully saturated rings. The second-order valence-electron chi connectivity index (χ2n) is 6.69. The van der Waals surface area contributed by atoms with E-state index in [0.29, 0.717) is 5.13 Å². The highest BCUT2D eigenvalue weighted by Gasteiger charge is 2.21. The molecule has 2 aromatic heterocycles. The van der Waals surface area contributed by atoms with Crippen molar-refractivity contribution in [2.24, 2.45) is 0 Å². The van der Waals surface area contributed by atoms with Crippen LogP contribution in [0.1, 0.15) is 18.0 Å². The highest BCUT2D eigenvalue weighted by Crippen LogP contribution is 2.32. The van der Waals surface area contributed by atoms with Gasteiger partial charge >= 0.3 is 0 Å². The quantitative estimate of drug-likeness (QED) is 0.353. The van der Waals surface area contributed by atoms with Crippen molar-refractivity contribution in [2.45, 2.75) is 17.3 Å². The van der Waals surface area contributed by atoms with Crippen molar-refractivity contribution in [3.8, 4) is 5.75 Å². The number of ether oxygens (including phenoxy) is 1. The Morgan fingerprint density at radius 1 is 1.16 bits per heavy atom. The molecule has 0 bridgehead atoms. The number of carbonyl (C=O) groups is 1. The second-order valence-corrected chi connectivity index (χ2v) is 9.95. The van der Waals surface area contributed by atoms with Crippen LogP contribution in [0.3, 0.4) is 0 Å². The summed E-state index contributed by atoms with van der Waals surface area (Å²) >= 11 is 4.40. The summed E-state index contributed by atoms with van der Waals surface area (Å²) < 4.78 is 7.20. The van der Waals surface area contributed by atoms with Crippen LogP contribution in [0.5, 0.6) is 5.75 Å². The van der Waals surface area contributed by atoms with E-state index in [9.17, 15) is 4.79 Å². The van der Waals surface area contributed by atoms with Crippen LogP contribution in [0.25, 0.3) is 10.2 Å². The van der Waals surface area contributed by atoms with Crippen LogP contribution in [0.4, 0.5) is 10.8 Å². The zero-order chi connectivity index (χ0) is 21.8. The summed E-state index contributed by atoms with van der Waals surface area (Å²) in [7, 11) is 3.44. The molecule has 2 aromatic carbocycles. The summed E-state index contributed by atoms with van der Waals surface area (Å²) in [5.41, 5.74) is 1.78. The molecule has 0 saturated heterocycles. The number of anilines is 2. The third kappa shape index (κ3) is 4.97. The first-order valence-electron chi connectivity index (χ1n) is 9.52. The molecule has 0 saturated carbocycles. The lowest BCUT2D eigenvalue weighted by Crippen LogP contribution is -2.31. The number of nitrogens with one attached hydrogen (secondary N) is 1. The molecule has 0 aliphatic rings. The molecule has 0 unspecified atom stereocenters. The van der Waals surface area contributed by atoms with Gasteiger partial charge in [-0.25, -0.2) is 4.98 Å². The maximum absolute atomic E-state index is 12.7. The molecule has 7 nitrogen and oxygen atoms in total. The molecule has 4 aromatic rings. The summed E-state index contributed by atoms with van der Waals surface area (Å²) in [5, 5.41) is 13.1. The summed E-state index contributed by atoms with van der Waals surface area (Å²) in [6, 6.07) is 15.5. The highest BCUT2D eigenvalue weighted by atomic mass is 32.2. The van der Waals surface area contributed by atoms with Gasteiger partial charge in [-0.1, -0.05) is 47.4 Å². The molecule has 1 atom stereocenters. The molecular weight excluding hydrogens is 450 g/mol. The zero-order valence-corrected chi connectivity index (χ0v) is 19.7. The average Bonchev–Trinajstić information content (AvgIpc) is 3.43. The Hall–Kier alpha value is -2.69. The number of para-hydroxylation sites is 3. The van der Waals surface area contributed by atoms with Gasteiger partial charge in [0, 0.05) is 7.05 Å². The molecule has 0 aliphatic heterocycles. The number of rotatable bonds is 8.